The van der Waals surface area contributed by atoms with Gasteiger partial charge in [0.1, 0.15) is 5.83 Å². The quantitative estimate of drug-likeness (QED) is 0.813. The Labute approximate surface area is 86.7 Å². The molecule has 1 heterocycles. The molecule has 0 fully saturated rings. The molecule has 0 amide bonds. The van der Waals surface area contributed by atoms with E-state index in [0.717, 1.165) is 17.0 Å². The van der Waals surface area contributed by atoms with Crippen molar-refractivity contribution in [2.75, 3.05) is 6.61 Å². The summed E-state index contributed by atoms with van der Waals surface area (Å²) in [4.78, 5) is 4.13. The van der Waals surface area contributed by atoms with E-state index in [4.69, 9.17) is 5.11 Å². The molecule has 0 unspecified atom stereocenters. The van der Waals surface area contributed by atoms with Crippen LogP contribution in [0.1, 0.15) is 5.56 Å². The van der Waals surface area contributed by atoms with Crippen LogP contribution in [0.4, 0.5) is 4.39 Å². The van der Waals surface area contributed by atoms with Crippen molar-refractivity contribution in [2.24, 2.45) is 0 Å². The van der Waals surface area contributed by atoms with Gasteiger partial charge in [0.25, 0.3) is 0 Å². The number of nitrogens with zero attached hydrogens (tertiary/aromatic N) is 1. The van der Waals surface area contributed by atoms with Crippen LogP contribution in [0.25, 0.3) is 16.7 Å². The molecule has 0 radical (unpaired) electrons. The highest BCUT2D eigenvalue weighted by Gasteiger charge is 2.04. The molecule has 0 saturated carbocycles. The van der Waals surface area contributed by atoms with Crippen LogP contribution in [0.15, 0.2) is 42.6 Å². The molecule has 2 rings (SSSR count). The third-order valence-electron chi connectivity index (χ3n) is 2.17. The van der Waals surface area contributed by atoms with E-state index in [-0.39, 0.29) is 6.61 Å². The Hall–Kier alpha value is -1.74. The zero-order chi connectivity index (χ0) is 10.7. The number of pyridine rings is 1. The number of aromatic nitrogens is 1. The van der Waals surface area contributed by atoms with Crippen molar-refractivity contribution < 1.29 is 9.50 Å². The van der Waals surface area contributed by atoms with Crippen molar-refractivity contribution in [3.63, 3.8) is 0 Å². The van der Waals surface area contributed by atoms with Crippen molar-refractivity contribution in [3.8, 4) is 0 Å². The molecule has 0 bridgehead atoms. The summed E-state index contributed by atoms with van der Waals surface area (Å²) in [7, 11) is 0. The van der Waals surface area contributed by atoms with Crippen LogP contribution < -0.4 is 0 Å². The molecule has 3 heteroatoms. The predicted octanol–water partition coefficient (Wildman–Crippen LogP) is 2.54. The van der Waals surface area contributed by atoms with E-state index in [1.54, 1.807) is 24.4 Å². The monoisotopic (exact) mass is 203 g/mol. The Morgan fingerprint density at radius 3 is 3.00 bits per heavy atom. The fourth-order valence-electron chi connectivity index (χ4n) is 1.50. The van der Waals surface area contributed by atoms with Gasteiger partial charge >= 0.3 is 0 Å². The maximum Gasteiger partial charge on any atom is 0.129 e. The summed E-state index contributed by atoms with van der Waals surface area (Å²) in [5.41, 5.74) is 1.21. The van der Waals surface area contributed by atoms with E-state index >= 15 is 0 Å². The number of rotatable bonds is 2. The molecule has 0 aliphatic carbocycles. The summed E-state index contributed by atoms with van der Waals surface area (Å²) < 4.78 is 13.5. The van der Waals surface area contributed by atoms with Gasteiger partial charge in [-0.15, -0.1) is 0 Å². The maximum absolute atomic E-state index is 13.5. The van der Waals surface area contributed by atoms with E-state index in [0.29, 0.717) is 5.56 Å². The standard InChI is InChI=1S/C12H10FNO/c13-11(6-8-15)9-3-1-5-12-10(9)4-2-7-14-12/h1-7,15H,8H2/b11-6-. The van der Waals surface area contributed by atoms with Crippen LogP contribution in [0, 0.1) is 0 Å². The second kappa shape index (κ2) is 4.19. The van der Waals surface area contributed by atoms with Crippen LogP contribution in [-0.4, -0.2) is 16.7 Å². The minimum atomic E-state index is -0.420. The van der Waals surface area contributed by atoms with Crippen LogP contribution in [0.5, 0.6) is 0 Å². The zero-order valence-electron chi connectivity index (χ0n) is 8.02. The highest BCUT2D eigenvalue weighted by Crippen LogP contribution is 2.24. The van der Waals surface area contributed by atoms with Gasteiger partial charge in [-0.05, 0) is 18.2 Å². The fraction of sp³-hybridized carbons (Fsp3) is 0.0833. The Bertz CT molecular complexity index is 502. The molecule has 0 atom stereocenters. The van der Waals surface area contributed by atoms with E-state index in [9.17, 15) is 4.39 Å². The molecule has 0 saturated heterocycles. The summed E-state index contributed by atoms with van der Waals surface area (Å²) >= 11 is 0. The van der Waals surface area contributed by atoms with Crippen LogP contribution in [0.3, 0.4) is 0 Å². The SMILES string of the molecule is OC/C=C(\F)c1cccc2ncccc12. The molecule has 1 N–H and O–H groups in total. The first-order valence-electron chi connectivity index (χ1n) is 4.63. The van der Waals surface area contributed by atoms with Gasteiger partial charge in [-0.3, -0.25) is 4.98 Å². The van der Waals surface area contributed by atoms with E-state index in [1.165, 1.54) is 0 Å². The highest BCUT2D eigenvalue weighted by atomic mass is 19.1. The lowest BCUT2D eigenvalue weighted by Gasteiger charge is -2.02. The van der Waals surface area contributed by atoms with Crippen molar-refractivity contribution in [1.82, 2.24) is 4.98 Å². The maximum atomic E-state index is 13.5. The summed E-state index contributed by atoms with van der Waals surface area (Å²) in [5.74, 6) is -0.420. The molecule has 0 spiro atoms. The smallest absolute Gasteiger partial charge is 0.129 e. The number of aliphatic hydroxyl groups excluding tert-OH is 1. The van der Waals surface area contributed by atoms with Crippen LogP contribution in [0.2, 0.25) is 0 Å². The number of hydrogen-bond donors (Lipinski definition) is 1. The molecular formula is C12H10FNO. The first-order chi connectivity index (χ1) is 7.33. The third-order valence-corrected chi connectivity index (χ3v) is 2.17. The Morgan fingerprint density at radius 1 is 1.33 bits per heavy atom. The lowest BCUT2D eigenvalue weighted by atomic mass is 10.1. The predicted molar refractivity (Wildman–Crippen MR) is 57.9 cm³/mol. The first-order valence-corrected chi connectivity index (χ1v) is 4.63. The number of benzene rings is 1. The van der Waals surface area contributed by atoms with E-state index in [1.807, 2.05) is 12.1 Å². The van der Waals surface area contributed by atoms with Gasteiger partial charge in [-0.25, -0.2) is 4.39 Å². The average Bonchev–Trinajstić information content (AvgIpc) is 2.28. The molecule has 0 aliphatic rings. The summed E-state index contributed by atoms with van der Waals surface area (Å²) in [6.45, 7) is -0.303. The lowest BCUT2D eigenvalue weighted by molar-refractivity contribution is 0.342. The lowest BCUT2D eigenvalue weighted by Crippen LogP contribution is -1.85. The van der Waals surface area contributed by atoms with Crippen molar-refractivity contribution in [3.05, 3.63) is 48.2 Å². The van der Waals surface area contributed by atoms with Crippen molar-refractivity contribution in [1.29, 1.82) is 0 Å². The molecule has 2 nitrogen and oxygen atoms in total. The van der Waals surface area contributed by atoms with Gasteiger partial charge in [-0.2, -0.15) is 0 Å². The minimum Gasteiger partial charge on any atom is -0.392 e. The third kappa shape index (κ3) is 1.87. The number of hydrogen-bond acceptors (Lipinski definition) is 2. The summed E-state index contributed by atoms with van der Waals surface area (Å²) in [5, 5.41) is 9.39. The average molecular weight is 203 g/mol. The number of fused-ring (bicyclic) bond motifs is 1. The molecule has 76 valence electrons. The van der Waals surface area contributed by atoms with Gasteiger partial charge in [0, 0.05) is 17.1 Å². The highest BCUT2D eigenvalue weighted by molar-refractivity contribution is 5.89. The second-order valence-corrected chi connectivity index (χ2v) is 3.11. The van der Waals surface area contributed by atoms with Gasteiger partial charge in [0.15, 0.2) is 0 Å². The van der Waals surface area contributed by atoms with Crippen molar-refractivity contribution in [2.45, 2.75) is 0 Å². The molecule has 1 aromatic heterocycles. The van der Waals surface area contributed by atoms with Gasteiger partial charge in [-0.1, -0.05) is 18.2 Å². The molecule has 15 heavy (non-hydrogen) atoms. The van der Waals surface area contributed by atoms with Crippen LogP contribution >= 0.6 is 0 Å². The Balaban J connectivity index is 2.66. The van der Waals surface area contributed by atoms with E-state index < -0.39 is 5.83 Å². The largest absolute Gasteiger partial charge is 0.392 e. The van der Waals surface area contributed by atoms with Gasteiger partial charge in [0.05, 0.1) is 12.1 Å². The first kappa shape index (κ1) is 9.80. The molecule has 0 aliphatic heterocycles. The van der Waals surface area contributed by atoms with E-state index in [2.05, 4.69) is 4.98 Å². The van der Waals surface area contributed by atoms with Crippen molar-refractivity contribution >= 4 is 16.7 Å². The summed E-state index contributed by atoms with van der Waals surface area (Å²) in [6.07, 6.45) is 2.81. The van der Waals surface area contributed by atoms with Gasteiger partial charge < -0.3 is 5.11 Å². The molecular weight excluding hydrogens is 193 g/mol. The molecule has 1 aromatic carbocycles. The number of halogens is 1. The topological polar surface area (TPSA) is 33.1 Å². The fourth-order valence-corrected chi connectivity index (χ4v) is 1.50. The number of aliphatic hydroxyl groups is 1. The normalized spacial score (nSPS) is 12.0. The minimum absolute atomic E-state index is 0.303. The zero-order valence-corrected chi connectivity index (χ0v) is 8.02. The molecule has 2 aromatic rings. The van der Waals surface area contributed by atoms with Gasteiger partial charge in [0.2, 0.25) is 0 Å². The summed E-state index contributed by atoms with van der Waals surface area (Å²) in [6, 6.07) is 8.81. The Kier molecular flexibility index (Phi) is 2.74. The Morgan fingerprint density at radius 2 is 2.20 bits per heavy atom. The van der Waals surface area contributed by atoms with Crippen LogP contribution in [-0.2, 0) is 0 Å². The second-order valence-electron chi connectivity index (χ2n) is 3.11.